The molecule has 2 aromatic carbocycles. The van der Waals surface area contributed by atoms with E-state index in [0.717, 1.165) is 18.8 Å². The number of likely N-dealkylation sites (N-methyl/N-ethyl adjacent to an activating group) is 1. The lowest BCUT2D eigenvalue weighted by Crippen LogP contribution is -2.59. The number of benzene rings is 2. The van der Waals surface area contributed by atoms with Crippen molar-refractivity contribution in [3.63, 3.8) is 0 Å². The molecule has 0 aliphatic carbocycles. The number of fused-ring (bicyclic) bond motifs is 1. The van der Waals surface area contributed by atoms with Crippen LogP contribution in [0.2, 0.25) is 0 Å². The summed E-state index contributed by atoms with van der Waals surface area (Å²) in [7, 11) is 1.69. The number of allylic oxidation sites excluding steroid dienone is 1. The summed E-state index contributed by atoms with van der Waals surface area (Å²) in [5.41, 5.74) is 1.09. The average Bonchev–Trinajstić information content (AvgIpc) is 3.83. The molecule has 11 nitrogen and oxygen atoms in total. The number of aliphatic hydroxyl groups excluding tert-OH is 1. The van der Waals surface area contributed by atoms with Gasteiger partial charge in [-0.2, -0.15) is 0 Å². The van der Waals surface area contributed by atoms with Crippen molar-refractivity contribution in [3.05, 3.63) is 85.5 Å². The van der Waals surface area contributed by atoms with Crippen LogP contribution in [-0.2, 0) is 28.7 Å². The molecule has 3 aliphatic rings. The van der Waals surface area contributed by atoms with Crippen molar-refractivity contribution >= 4 is 35.1 Å². The molecule has 11 heteroatoms. The Labute approximate surface area is 314 Å². The van der Waals surface area contributed by atoms with Gasteiger partial charge in [-0.25, -0.2) is 0 Å². The van der Waals surface area contributed by atoms with E-state index in [1.807, 2.05) is 68.4 Å². The van der Waals surface area contributed by atoms with Crippen LogP contribution in [0, 0.1) is 11.8 Å². The molecular formula is C42H56N4O7. The van der Waals surface area contributed by atoms with E-state index in [9.17, 15) is 24.3 Å². The molecular weight excluding hydrogens is 672 g/mol. The number of esters is 1. The van der Waals surface area contributed by atoms with Gasteiger partial charge in [0.15, 0.2) is 0 Å². The number of carbonyl (C=O) groups excluding carboxylic acids is 4. The summed E-state index contributed by atoms with van der Waals surface area (Å²) in [6.07, 6.45) is 3.92. The van der Waals surface area contributed by atoms with Gasteiger partial charge < -0.3 is 34.2 Å². The fourth-order valence-corrected chi connectivity index (χ4v) is 8.60. The molecule has 3 heterocycles. The number of ether oxygens (including phenoxy) is 2. The Morgan fingerprint density at radius 2 is 1.70 bits per heavy atom. The minimum absolute atomic E-state index is 0.110. The average molecular weight is 729 g/mol. The Morgan fingerprint density at radius 1 is 1.04 bits per heavy atom. The Bertz CT molecular complexity index is 1630. The lowest BCUT2D eigenvalue weighted by molar-refractivity contribution is -0.165. The molecule has 1 spiro atoms. The highest BCUT2D eigenvalue weighted by Gasteiger charge is 2.75. The largest absolute Gasteiger partial charge is 0.455 e. The van der Waals surface area contributed by atoms with Gasteiger partial charge in [-0.1, -0.05) is 49.4 Å². The number of nitrogens with zero attached hydrogens (tertiary/aromatic N) is 4. The molecule has 5 rings (SSSR count). The molecule has 0 unspecified atom stereocenters. The van der Waals surface area contributed by atoms with Gasteiger partial charge in [0, 0.05) is 44.5 Å². The lowest BCUT2D eigenvalue weighted by atomic mass is 9.70. The minimum Gasteiger partial charge on any atom is -0.455 e. The van der Waals surface area contributed by atoms with Gasteiger partial charge in [0.25, 0.3) is 5.91 Å². The van der Waals surface area contributed by atoms with Crippen LogP contribution in [0.25, 0.3) is 0 Å². The van der Waals surface area contributed by atoms with Gasteiger partial charge in [-0.15, -0.1) is 13.2 Å². The van der Waals surface area contributed by atoms with Crippen LogP contribution in [0.1, 0.15) is 71.5 Å². The van der Waals surface area contributed by atoms with Crippen molar-refractivity contribution in [2.45, 2.75) is 95.7 Å². The predicted octanol–water partition coefficient (Wildman–Crippen LogP) is 5.29. The first-order valence-electron chi connectivity index (χ1n) is 19.0. The van der Waals surface area contributed by atoms with Crippen molar-refractivity contribution in [2.24, 2.45) is 11.8 Å². The molecule has 3 fully saturated rings. The molecule has 2 bridgehead atoms. The van der Waals surface area contributed by atoms with Gasteiger partial charge in [0.2, 0.25) is 11.8 Å². The molecule has 0 aromatic heterocycles. The van der Waals surface area contributed by atoms with E-state index < -0.39 is 59.6 Å². The van der Waals surface area contributed by atoms with E-state index in [4.69, 9.17) is 9.47 Å². The zero-order valence-corrected chi connectivity index (χ0v) is 31.9. The zero-order valence-electron chi connectivity index (χ0n) is 31.9. The highest BCUT2D eigenvalue weighted by molar-refractivity contribution is 6.05. The second-order valence-electron chi connectivity index (χ2n) is 14.3. The molecule has 3 amide bonds. The Kier molecular flexibility index (Phi) is 12.8. The summed E-state index contributed by atoms with van der Waals surface area (Å²) < 4.78 is 13.1. The van der Waals surface area contributed by atoms with Gasteiger partial charge in [0.1, 0.15) is 17.7 Å². The molecule has 3 saturated heterocycles. The van der Waals surface area contributed by atoms with Crippen LogP contribution in [0.5, 0.6) is 0 Å². The maximum Gasteiger partial charge on any atom is 0.313 e. The fraction of sp³-hybridized carbons (Fsp3) is 0.524. The van der Waals surface area contributed by atoms with Crippen LogP contribution in [-0.4, -0.2) is 102 Å². The summed E-state index contributed by atoms with van der Waals surface area (Å²) in [4.78, 5) is 64.2. The maximum atomic E-state index is 15.0. The summed E-state index contributed by atoms with van der Waals surface area (Å²) in [5.74, 6) is -3.44. The van der Waals surface area contributed by atoms with Gasteiger partial charge >= 0.3 is 5.97 Å². The number of aliphatic hydroxyl groups is 1. The van der Waals surface area contributed by atoms with Crippen molar-refractivity contribution < 1.29 is 33.8 Å². The number of rotatable bonds is 18. The molecule has 1 N–H and O–H groups in total. The summed E-state index contributed by atoms with van der Waals surface area (Å²) in [5, 5.41) is 10.5. The van der Waals surface area contributed by atoms with Crippen LogP contribution in [0.15, 0.2) is 79.9 Å². The second-order valence-corrected chi connectivity index (χ2v) is 14.3. The molecule has 3 aliphatic heterocycles. The van der Waals surface area contributed by atoms with Crippen LogP contribution in [0.4, 0.5) is 11.4 Å². The number of amides is 3. The number of hydrogen-bond acceptors (Lipinski definition) is 8. The number of carbonyl (C=O) groups is 4. The SMILES string of the molecule is C=CCCC(=O)N(C)[C@H](C)[C@H](OC(=O)[C@@H]1[C@H]2C(=O)N([C@@H](CC)CO)[C@H](C(=O)N(CC=C)c3ccc(N(CC)CC)cc3)[C@]23CC[C@H]1O3)c1ccccc1. The Hall–Kier alpha value is -4.48. The van der Waals surface area contributed by atoms with Crippen molar-refractivity contribution in [3.8, 4) is 0 Å². The zero-order chi connectivity index (χ0) is 38.4. The second kappa shape index (κ2) is 17.1. The molecule has 2 aromatic rings. The van der Waals surface area contributed by atoms with Gasteiger partial charge in [-0.05, 0) is 76.3 Å². The molecule has 8 atom stereocenters. The van der Waals surface area contributed by atoms with Crippen LogP contribution < -0.4 is 9.80 Å². The van der Waals surface area contributed by atoms with E-state index in [0.29, 0.717) is 36.9 Å². The first-order valence-corrected chi connectivity index (χ1v) is 19.0. The first kappa shape index (κ1) is 39.7. The van der Waals surface area contributed by atoms with E-state index in [2.05, 4.69) is 31.9 Å². The smallest absolute Gasteiger partial charge is 0.313 e. The van der Waals surface area contributed by atoms with Crippen molar-refractivity contribution in [1.82, 2.24) is 9.80 Å². The van der Waals surface area contributed by atoms with E-state index in [1.165, 1.54) is 4.90 Å². The Morgan fingerprint density at radius 3 is 2.28 bits per heavy atom. The monoisotopic (exact) mass is 728 g/mol. The number of likely N-dealkylation sites (tertiary alicyclic amines) is 1. The van der Waals surface area contributed by atoms with E-state index in [-0.39, 0.29) is 31.4 Å². The highest BCUT2D eigenvalue weighted by Crippen LogP contribution is 2.59. The molecule has 0 saturated carbocycles. The topological polar surface area (TPSA) is 120 Å². The molecule has 0 radical (unpaired) electrons. The number of anilines is 2. The van der Waals surface area contributed by atoms with E-state index >= 15 is 0 Å². The highest BCUT2D eigenvalue weighted by atomic mass is 16.6. The third kappa shape index (κ3) is 7.38. The predicted molar refractivity (Wildman–Crippen MR) is 205 cm³/mol. The Balaban J connectivity index is 1.50. The van der Waals surface area contributed by atoms with Crippen LogP contribution >= 0.6 is 0 Å². The summed E-state index contributed by atoms with van der Waals surface area (Å²) in [6, 6.07) is 14.7. The molecule has 286 valence electrons. The summed E-state index contributed by atoms with van der Waals surface area (Å²) >= 11 is 0. The standard InChI is InChI=1S/C42H56N4O7/c1-8-13-19-34(48)43(7)28(6)37(29-17-15-14-16-18-29)52-41(51)35-33-24-25-42(53-33)36(35)39(49)46(30(10-3)27-47)38(42)40(50)45(26-9-2)32-22-20-31(21-23-32)44(11-4)12-5/h8-9,14-18,20-23,28,30,33,35-38,47H,1-2,10-13,19,24-27H2,3-7H3/t28-,30+,33-,35+,36+,37+,38-,42+/m1/s1. The van der Waals surface area contributed by atoms with Gasteiger partial charge in [0.05, 0.1) is 36.6 Å². The maximum absolute atomic E-state index is 15.0. The van der Waals surface area contributed by atoms with Crippen molar-refractivity contribution in [1.29, 1.82) is 0 Å². The fourth-order valence-electron chi connectivity index (χ4n) is 8.60. The van der Waals surface area contributed by atoms with Gasteiger partial charge in [-0.3, -0.25) is 19.2 Å². The third-order valence-electron chi connectivity index (χ3n) is 11.6. The quantitative estimate of drug-likeness (QED) is 0.163. The first-order chi connectivity index (χ1) is 25.5. The number of hydrogen-bond donors (Lipinski definition) is 1. The third-order valence-corrected chi connectivity index (χ3v) is 11.6. The minimum atomic E-state index is -1.29. The van der Waals surface area contributed by atoms with Crippen molar-refractivity contribution in [2.75, 3.05) is 43.1 Å². The van der Waals surface area contributed by atoms with Crippen LogP contribution in [0.3, 0.4) is 0 Å². The normalized spacial score (nSPS) is 24.6. The summed E-state index contributed by atoms with van der Waals surface area (Å²) in [6.45, 7) is 17.0. The lowest BCUT2D eigenvalue weighted by Gasteiger charge is -2.39. The van der Waals surface area contributed by atoms with E-state index in [1.54, 1.807) is 29.0 Å². The molecule has 53 heavy (non-hydrogen) atoms.